The molecule has 0 radical (unpaired) electrons. The number of anilines is 2. The minimum atomic E-state index is -0.164. The first-order chi connectivity index (χ1) is 12.1. The van der Waals surface area contributed by atoms with Crippen molar-refractivity contribution in [3.05, 3.63) is 88.7 Å². The Morgan fingerprint density at radius 3 is 2.68 bits per heavy atom. The minimum Gasteiger partial charge on any atom is -0.354 e. The van der Waals surface area contributed by atoms with Crippen molar-refractivity contribution < 1.29 is 4.79 Å². The molecule has 0 aliphatic carbocycles. The van der Waals surface area contributed by atoms with Gasteiger partial charge in [-0.25, -0.2) is 0 Å². The van der Waals surface area contributed by atoms with Crippen LogP contribution < -0.4 is 10.6 Å². The monoisotopic (exact) mass is 351 g/mol. The number of hydrogen-bond acceptors (Lipinski definition) is 3. The molecule has 0 spiro atoms. The predicted molar refractivity (Wildman–Crippen MR) is 101 cm³/mol. The van der Waals surface area contributed by atoms with Gasteiger partial charge in [-0.2, -0.15) is 0 Å². The molecule has 25 heavy (non-hydrogen) atoms. The summed E-state index contributed by atoms with van der Waals surface area (Å²) in [6.45, 7) is 2.47. The van der Waals surface area contributed by atoms with E-state index in [1.54, 1.807) is 18.5 Å². The third kappa shape index (κ3) is 4.58. The Bertz CT molecular complexity index is 881. The maximum atomic E-state index is 12.3. The molecule has 0 fully saturated rings. The van der Waals surface area contributed by atoms with E-state index in [1.807, 2.05) is 55.5 Å². The number of pyridine rings is 1. The number of nitrogens with zero attached hydrogens (tertiary/aromatic N) is 1. The molecule has 0 atom stereocenters. The highest BCUT2D eigenvalue weighted by atomic mass is 35.5. The van der Waals surface area contributed by atoms with Crippen LogP contribution >= 0.6 is 11.6 Å². The molecule has 0 aliphatic heterocycles. The molecule has 0 bridgehead atoms. The van der Waals surface area contributed by atoms with Crippen LogP contribution in [0.1, 0.15) is 21.5 Å². The van der Waals surface area contributed by atoms with E-state index in [4.69, 9.17) is 11.6 Å². The van der Waals surface area contributed by atoms with Crippen LogP contribution in [0.25, 0.3) is 0 Å². The number of aromatic nitrogens is 1. The summed E-state index contributed by atoms with van der Waals surface area (Å²) >= 11 is 6.04. The Kier molecular flexibility index (Phi) is 5.31. The molecule has 3 aromatic rings. The molecule has 1 amide bonds. The molecule has 0 aliphatic rings. The highest BCUT2D eigenvalue weighted by molar-refractivity contribution is 6.30. The lowest BCUT2D eigenvalue weighted by Crippen LogP contribution is -2.22. The van der Waals surface area contributed by atoms with E-state index < -0.39 is 0 Å². The van der Waals surface area contributed by atoms with E-state index >= 15 is 0 Å². The predicted octanol–water partition coefficient (Wildman–Crippen LogP) is 4.72. The first-order valence-electron chi connectivity index (χ1n) is 7.92. The Hall–Kier alpha value is -2.85. The number of hydrogen-bond donors (Lipinski definition) is 2. The molecule has 0 saturated carbocycles. The van der Waals surface area contributed by atoms with Gasteiger partial charge < -0.3 is 10.6 Å². The van der Waals surface area contributed by atoms with Crippen molar-refractivity contribution in [3.63, 3.8) is 0 Å². The van der Waals surface area contributed by atoms with Gasteiger partial charge in [0.2, 0.25) is 0 Å². The van der Waals surface area contributed by atoms with Crippen LogP contribution in [-0.2, 0) is 6.54 Å². The molecule has 126 valence electrons. The normalized spacial score (nSPS) is 10.3. The lowest BCUT2D eigenvalue weighted by Gasteiger charge is -2.11. The van der Waals surface area contributed by atoms with Gasteiger partial charge in [0.25, 0.3) is 5.91 Å². The van der Waals surface area contributed by atoms with Gasteiger partial charge in [-0.05, 0) is 36.2 Å². The summed E-state index contributed by atoms with van der Waals surface area (Å²) in [7, 11) is 0. The van der Waals surface area contributed by atoms with E-state index in [1.165, 1.54) is 0 Å². The Labute approximate surface area is 151 Å². The lowest BCUT2D eigenvalue weighted by atomic mass is 10.2. The van der Waals surface area contributed by atoms with Crippen LogP contribution in [0.2, 0.25) is 5.02 Å². The molecular formula is C20H18ClN3O. The molecular weight excluding hydrogens is 334 g/mol. The number of nitrogens with one attached hydrogen (secondary N) is 2. The Balaban J connectivity index is 1.70. The van der Waals surface area contributed by atoms with Gasteiger partial charge in [-0.3, -0.25) is 9.78 Å². The zero-order valence-electron chi connectivity index (χ0n) is 13.8. The van der Waals surface area contributed by atoms with Crippen LogP contribution in [0, 0.1) is 6.92 Å². The van der Waals surface area contributed by atoms with Crippen LogP contribution in [0.5, 0.6) is 0 Å². The van der Waals surface area contributed by atoms with Crippen molar-refractivity contribution in [3.8, 4) is 0 Å². The van der Waals surface area contributed by atoms with Crippen LogP contribution in [0.15, 0.2) is 67.0 Å². The van der Waals surface area contributed by atoms with E-state index in [-0.39, 0.29) is 5.91 Å². The molecule has 2 aromatic carbocycles. The average molecular weight is 352 g/mol. The van der Waals surface area contributed by atoms with Crippen molar-refractivity contribution >= 4 is 28.9 Å². The molecule has 0 unspecified atom stereocenters. The Morgan fingerprint density at radius 1 is 1.08 bits per heavy atom. The quantitative estimate of drug-likeness (QED) is 0.699. The van der Waals surface area contributed by atoms with Gasteiger partial charge in [-0.1, -0.05) is 48.0 Å². The number of carbonyl (C=O) groups is 1. The van der Waals surface area contributed by atoms with Gasteiger partial charge in [0, 0.05) is 23.5 Å². The highest BCUT2D eigenvalue weighted by Gasteiger charge is 2.08. The molecule has 4 nitrogen and oxygen atoms in total. The fourth-order valence-electron chi connectivity index (χ4n) is 2.40. The van der Waals surface area contributed by atoms with Gasteiger partial charge in [0.1, 0.15) is 0 Å². The largest absolute Gasteiger partial charge is 0.354 e. The van der Waals surface area contributed by atoms with Crippen molar-refractivity contribution in [2.24, 2.45) is 0 Å². The fraction of sp³-hybridized carbons (Fsp3) is 0.100. The Morgan fingerprint density at radius 2 is 1.88 bits per heavy atom. The fourth-order valence-corrected chi connectivity index (χ4v) is 2.57. The first kappa shape index (κ1) is 17.0. The summed E-state index contributed by atoms with van der Waals surface area (Å²) in [5, 5.41) is 6.80. The van der Waals surface area contributed by atoms with Crippen molar-refractivity contribution in [2.45, 2.75) is 13.5 Å². The van der Waals surface area contributed by atoms with Crippen molar-refractivity contribution in [2.75, 3.05) is 5.32 Å². The second-order valence-electron chi connectivity index (χ2n) is 5.71. The van der Waals surface area contributed by atoms with Gasteiger partial charge in [0.15, 0.2) is 0 Å². The molecule has 2 N–H and O–H groups in total. The zero-order valence-corrected chi connectivity index (χ0v) is 14.5. The minimum absolute atomic E-state index is 0.164. The van der Waals surface area contributed by atoms with E-state index in [9.17, 15) is 4.79 Å². The SMILES string of the molecule is Cc1ccc(Cl)cc1Nc1cncc(C(=O)NCc2ccccc2)c1. The number of amides is 1. The second kappa shape index (κ2) is 7.81. The summed E-state index contributed by atoms with van der Waals surface area (Å²) in [6.07, 6.45) is 3.23. The van der Waals surface area contributed by atoms with Crippen LogP contribution in [0.3, 0.4) is 0 Å². The number of halogens is 1. The molecule has 0 saturated heterocycles. The van der Waals surface area contributed by atoms with E-state index in [0.29, 0.717) is 17.1 Å². The number of carbonyl (C=O) groups excluding carboxylic acids is 1. The third-order valence-corrected chi connectivity index (χ3v) is 4.01. The second-order valence-corrected chi connectivity index (χ2v) is 6.15. The molecule has 1 heterocycles. The van der Waals surface area contributed by atoms with Crippen LogP contribution in [-0.4, -0.2) is 10.9 Å². The summed E-state index contributed by atoms with van der Waals surface area (Å²) in [5.74, 6) is -0.164. The van der Waals surface area contributed by atoms with Gasteiger partial charge in [-0.15, -0.1) is 0 Å². The number of aryl methyl sites for hydroxylation is 1. The third-order valence-electron chi connectivity index (χ3n) is 3.77. The van der Waals surface area contributed by atoms with Gasteiger partial charge >= 0.3 is 0 Å². The smallest absolute Gasteiger partial charge is 0.253 e. The standard InChI is InChI=1S/C20H18ClN3O/c1-14-7-8-17(21)10-19(14)24-18-9-16(12-22-13-18)20(25)23-11-15-5-3-2-4-6-15/h2-10,12-13,24H,11H2,1H3,(H,23,25). The average Bonchev–Trinajstić information content (AvgIpc) is 2.64. The summed E-state index contributed by atoms with van der Waals surface area (Å²) in [6, 6.07) is 17.2. The van der Waals surface area contributed by atoms with E-state index in [2.05, 4.69) is 15.6 Å². The molecule has 1 aromatic heterocycles. The van der Waals surface area contributed by atoms with Crippen molar-refractivity contribution in [1.82, 2.24) is 10.3 Å². The number of benzene rings is 2. The van der Waals surface area contributed by atoms with Crippen molar-refractivity contribution in [1.29, 1.82) is 0 Å². The van der Waals surface area contributed by atoms with Gasteiger partial charge in [0.05, 0.1) is 17.4 Å². The highest BCUT2D eigenvalue weighted by Crippen LogP contribution is 2.24. The topological polar surface area (TPSA) is 54.0 Å². The summed E-state index contributed by atoms with van der Waals surface area (Å²) < 4.78 is 0. The molecule has 5 heteroatoms. The maximum Gasteiger partial charge on any atom is 0.253 e. The number of rotatable bonds is 5. The zero-order chi connectivity index (χ0) is 17.6. The van der Waals surface area contributed by atoms with E-state index in [0.717, 1.165) is 22.5 Å². The summed E-state index contributed by atoms with van der Waals surface area (Å²) in [4.78, 5) is 16.5. The first-order valence-corrected chi connectivity index (χ1v) is 8.30. The lowest BCUT2D eigenvalue weighted by molar-refractivity contribution is 0.0950. The molecule has 3 rings (SSSR count). The maximum absolute atomic E-state index is 12.3. The summed E-state index contributed by atoms with van der Waals surface area (Å²) in [5.41, 5.74) is 4.23. The van der Waals surface area contributed by atoms with Crippen LogP contribution in [0.4, 0.5) is 11.4 Å².